The lowest BCUT2D eigenvalue weighted by atomic mass is 10.1. The lowest BCUT2D eigenvalue weighted by Crippen LogP contribution is -2.27. The second kappa shape index (κ2) is 3.06. The minimum absolute atomic E-state index is 0.235. The summed E-state index contributed by atoms with van der Waals surface area (Å²) < 4.78 is 14.6. The van der Waals surface area contributed by atoms with E-state index in [0.29, 0.717) is 0 Å². The molecule has 0 aliphatic rings. The molecular formula is C8H11FN2OS. The zero-order chi connectivity index (χ0) is 10.2. The van der Waals surface area contributed by atoms with Crippen molar-refractivity contribution in [3.8, 4) is 0 Å². The number of hydrogen-bond donors (Lipinski definition) is 1. The Morgan fingerprint density at radius 2 is 2.08 bits per heavy atom. The van der Waals surface area contributed by atoms with E-state index in [9.17, 15) is 9.18 Å². The van der Waals surface area contributed by atoms with Gasteiger partial charge >= 0.3 is 0 Å². The second-order valence-electron chi connectivity index (χ2n) is 3.78. The average Bonchev–Trinajstić information content (AvgIpc) is 1.94. The molecule has 3 nitrogen and oxygen atoms in total. The summed E-state index contributed by atoms with van der Waals surface area (Å²) in [6.07, 6.45) is 1.13. The fourth-order valence-corrected chi connectivity index (χ4v) is 1.37. The van der Waals surface area contributed by atoms with Crippen LogP contribution in [0.25, 0.3) is 0 Å². The molecule has 0 aliphatic carbocycles. The van der Waals surface area contributed by atoms with Crippen molar-refractivity contribution in [1.29, 1.82) is 0 Å². The third kappa shape index (κ3) is 2.03. The van der Waals surface area contributed by atoms with E-state index in [0.717, 1.165) is 6.20 Å². The van der Waals surface area contributed by atoms with Gasteiger partial charge in [-0.05, 0) is 33.0 Å². The Labute approximate surface area is 80.2 Å². The monoisotopic (exact) mass is 202 g/mol. The van der Waals surface area contributed by atoms with Gasteiger partial charge in [-0.25, -0.2) is 0 Å². The van der Waals surface area contributed by atoms with Crippen LogP contribution in [-0.2, 0) is 5.54 Å². The minimum Gasteiger partial charge on any atom is -0.317 e. The summed E-state index contributed by atoms with van der Waals surface area (Å²) in [7, 11) is 0. The SMILES string of the molecule is CC(C)(C)n1cc(F)c(=O)[nH]c1=S. The van der Waals surface area contributed by atoms with Gasteiger partial charge in [-0.1, -0.05) is 0 Å². The van der Waals surface area contributed by atoms with Crippen LogP contribution in [0.2, 0.25) is 0 Å². The standard InChI is InChI=1S/C8H11FN2OS/c1-8(2,3)11-4-5(9)6(12)10-7(11)13/h4H,1-3H3,(H,10,12,13). The van der Waals surface area contributed by atoms with E-state index in [1.807, 2.05) is 20.8 Å². The van der Waals surface area contributed by atoms with Crippen molar-refractivity contribution in [3.63, 3.8) is 0 Å². The van der Waals surface area contributed by atoms with Crippen LogP contribution in [0.15, 0.2) is 11.0 Å². The fourth-order valence-electron chi connectivity index (χ4n) is 0.946. The van der Waals surface area contributed by atoms with Gasteiger partial charge in [0.05, 0.1) is 0 Å². The predicted molar refractivity (Wildman–Crippen MR) is 50.8 cm³/mol. The van der Waals surface area contributed by atoms with E-state index in [1.54, 1.807) is 0 Å². The Bertz CT molecular complexity index is 427. The van der Waals surface area contributed by atoms with Gasteiger partial charge < -0.3 is 4.57 Å². The number of rotatable bonds is 0. The minimum atomic E-state index is -0.816. The van der Waals surface area contributed by atoms with Crippen LogP contribution in [0, 0.1) is 10.6 Å². The summed E-state index contributed by atoms with van der Waals surface area (Å²) in [5.41, 5.74) is -1.10. The molecule has 72 valence electrons. The second-order valence-corrected chi connectivity index (χ2v) is 4.16. The summed E-state index contributed by atoms with van der Waals surface area (Å²) in [6, 6.07) is 0. The maximum atomic E-state index is 12.9. The van der Waals surface area contributed by atoms with E-state index in [4.69, 9.17) is 12.2 Å². The topological polar surface area (TPSA) is 37.8 Å². The molecule has 0 unspecified atom stereocenters. The normalized spacial score (nSPS) is 11.7. The van der Waals surface area contributed by atoms with Crippen molar-refractivity contribution in [2.75, 3.05) is 0 Å². The molecule has 5 heteroatoms. The van der Waals surface area contributed by atoms with E-state index in [2.05, 4.69) is 4.98 Å². The molecule has 0 aromatic carbocycles. The molecule has 0 bridgehead atoms. The molecule has 1 N–H and O–H groups in total. The largest absolute Gasteiger partial charge is 0.317 e. The number of nitrogens with one attached hydrogen (secondary N) is 1. The Balaban J connectivity index is 3.51. The third-order valence-electron chi connectivity index (χ3n) is 1.62. The maximum absolute atomic E-state index is 12.9. The number of halogens is 1. The number of aromatic amines is 1. The average molecular weight is 202 g/mol. The highest BCUT2D eigenvalue weighted by atomic mass is 32.1. The molecule has 0 aliphatic heterocycles. The summed E-state index contributed by atoms with van der Waals surface area (Å²) >= 11 is 4.89. The van der Waals surface area contributed by atoms with Gasteiger partial charge in [-0.2, -0.15) is 4.39 Å². The number of hydrogen-bond acceptors (Lipinski definition) is 2. The van der Waals surface area contributed by atoms with Crippen LogP contribution in [0.1, 0.15) is 20.8 Å². The zero-order valence-electron chi connectivity index (χ0n) is 7.72. The molecular weight excluding hydrogens is 191 g/mol. The lowest BCUT2D eigenvalue weighted by molar-refractivity contribution is 0.373. The number of nitrogens with zero attached hydrogens (tertiary/aromatic N) is 1. The first-order chi connectivity index (χ1) is 5.82. The molecule has 1 rings (SSSR count). The van der Waals surface area contributed by atoms with E-state index < -0.39 is 11.4 Å². The van der Waals surface area contributed by atoms with Gasteiger partial charge in [0.15, 0.2) is 4.77 Å². The molecule has 0 spiro atoms. The van der Waals surface area contributed by atoms with Gasteiger partial charge in [-0.3, -0.25) is 9.78 Å². The first kappa shape index (κ1) is 10.1. The zero-order valence-corrected chi connectivity index (χ0v) is 8.54. The highest BCUT2D eigenvalue weighted by Crippen LogP contribution is 2.12. The van der Waals surface area contributed by atoms with Crippen molar-refractivity contribution in [3.05, 3.63) is 27.1 Å². The Morgan fingerprint density at radius 1 is 1.54 bits per heavy atom. The number of H-pyrrole nitrogens is 1. The van der Waals surface area contributed by atoms with Gasteiger partial charge in [0.25, 0.3) is 5.56 Å². The molecule has 0 fully saturated rings. The quantitative estimate of drug-likeness (QED) is 0.651. The van der Waals surface area contributed by atoms with Crippen molar-refractivity contribution in [2.24, 2.45) is 0 Å². The summed E-state index contributed by atoms with van der Waals surface area (Å²) in [5.74, 6) is -0.816. The van der Waals surface area contributed by atoms with Crippen LogP contribution in [0.3, 0.4) is 0 Å². The summed E-state index contributed by atoms with van der Waals surface area (Å²) in [4.78, 5) is 13.1. The van der Waals surface area contributed by atoms with Crippen LogP contribution >= 0.6 is 12.2 Å². The summed E-state index contributed by atoms with van der Waals surface area (Å²) in [5, 5.41) is 0. The fraction of sp³-hybridized carbons (Fsp3) is 0.500. The van der Waals surface area contributed by atoms with Crippen molar-refractivity contribution < 1.29 is 4.39 Å². The van der Waals surface area contributed by atoms with Crippen molar-refractivity contribution in [2.45, 2.75) is 26.3 Å². The Kier molecular flexibility index (Phi) is 2.38. The van der Waals surface area contributed by atoms with Gasteiger partial charge in [-0.15, -0.1) is 0 Å². The highest BCUT2D eigenvalue weighted by Gasteiger charge is 2.14. The molecule has 13 heavy (non-hydrogen) atoms. The first-order valence-electron chi connectivity index (χ1n) is 3.84. The van der Waals surface area contributed by atoms with Crippen molar-refractivity contribution >= 4 is 12.2 Å². The molecule has 1 heterocycles. The molecule has 1 aromatic rings. The first-order valence-corrected chi connectivity index (χ1v) is 4.25. The number of aromatic nitrogens is 2. The molecule has 0 saturated carbocycles. The lowest BCUT2D eigenvalue weighted by Gasteiger charge is -2.22. The molecule has 0 radical (unpaired) electrons. The van der Waals surface area contributed by atoms with Crippen molar-refractivity contribution in [1.82, 2.24) is 9.55 Å². The molecule has 0 atom stereocenters. The smallest absolute Gasteiger partial charge is 0.287 e. The van der Waals surface area contributed by atoms with E-state index >= 15 is 0 Å². The third-order valence-corrected chi connectivity index (χ3v) is 1.92. The summed E-state index contributed by atoms with van der Waals surface area (Å²) in [6.45, 7) is 5.63. The van der Waals surface area contributed by atoms with Crippen LogP contribution < -0.4 is 5.56 Å². The molecule has 0 amide bonds. The molecule has 0 saturated heterocycles. The Hall–Kier alpha value is -0.970. The maximum Gasteiger partial charge on any atom is 0.287 e. The highest BCUT2D eigenvalue weighted by molar-refractivity contribution is 7.71. The van der Waals surface area contributed by atoms with Crippen LogP contribution in [0.4, 0.5) is 4.39 Å². The van der Waals surface area contributed by atoms with Gasteiger partial charge in [0.2, 0.25) is 5.82 Å². The van der Waals surface area contributed by atoms with Gasteiger partial charge in [0.1, 0.15) is 0 Å². The van der Waals surface area contributed by atoms with Crippen LogP contribution in [0.5, 0.6) is 0 Å². The van der Waals surface area contributed by atoms with Crippen LogP contribution in [-0.4, -0.2) is 9.55 Å². The van der Waals surface area contributed by atoms with E-state index in [1.165, 1.54) is 4.57 Å². The Morgan fingerprint density at radius 3 is 2.54 bits per heavy atom. The predicted octanol–water partition coefficient (Wildman–Crippen LogP) is 1.80. The molecule has 1 aromatic heterocycles. The van der Waals surface area contributed by atoms with E-state index in [-0.39, 0.29) is 10.3 Å². The van der Waals surface area contributed by atoms with Gasteiger partial charge in [0, 0.05) is 11.7 Å².